The minimum Gasteiger partial charge on any atom is -0.493 e. The summed E-state index contributed by atoms with van der Waals surface area (Å²) in [5.41, 5.74) is 1.82. The highest BCUT2D eigenvalue weighted by Gasteiger charge is 2.44. The molecule has 0 amide bonds. The molecule has 1 unspecified atom stereocenters. The van der Waals surface area contributed by atoms with Crippen LogP contribution < -0.4 is 19.5 Å². The molecule has 8 nitrogen and oxygen atoms in total. The molecule has 1 N–H and O–H groups in total. The molecule has 0 aromatic heterocycles. The van der Waals surface area contributed by atoms with Crippen molar-refractivity contribution >= 4 is 19.7 Å². The van der Waals surface area contributed by atoms with Gasteiger partial charge in [-0.2, -0.15) is 0 Å². The number of rotatable bonds is 9. The van der Waals surface area contributed by atoms with Crippen LogP contribution in [0.15, 0.2) is 70.5 Å². The predicted molar refractivity (Wildman–Crippen MR) is 132 cm³/mol. The number of fused-ring (bicyclic) bond motifs is 1. The van der Waals surface area contributed by atoms with Gasteiger partial charge < -0.3 is 19.5 Å². The first-order valence-electron chi connectivity index (χ1n) is 10.9. The Morgan fingerprint density at radius 2 is 1.54 bits per heavy atom. The van der Waals surface area contributed by atoms with Gasteiger partial charge in [-0.15, -0.1) is 0 Å². The zero-order chi connectivity index (χ0) is 25.2. The average molecular weight is 518 g/mol. The van der Waals surface area contributed by atoms with E-state index in [1.165, 1.54) is 39.5 Å². The highest BCUT2D eigenvalue weighted by atomic mass is 32.2. The third-order valence-corrected chi connectivity index (χ3v) is 10.1. The first kappa shape index (κ1) is 25.0. The van der Waals surface area contributed by atoms with E-state index in [0.717, 1.165) is 5.56 Å². The molecule has 0 saturated carbocycles. The Bertz CT molecular complexity index is 1410. The van der Waals surface area contributed by atoms with Crippen molar-refractivity contribution in [3.05, 3.63) is 77.4 Å². The average Bonchev–Trinajstić information content (AvgIpc) is 3.16. The highest BCUT2D eigenvalue weighted by Crippen LogP contribution is 2.43. The molecule has 0 bridgehead atoms. The number of ether oxygens (including phenoxy) is 3. The second-order valence-electron chi connectivity index (χ2n) is 8.09. The molecule has 186 valence electrons. The van der Waals surface area contributed by atoms with E-state index in [4.69, 9.17) is 14.2 Å². The van der Waals surface area contributed by atoms with Crippen LogP contribution in [0.3, 0.4) is 0 Å². The maximum Gasteiger partial charge on any atom is 0.203 e. The molecule has 0 fully saturated rings. The van der Waals surface area contributed by atoms with Crippen LogP contribution in [0.25, 0.3) is 0 Å². The summed E-state index contributed by atoms with van der Waals surface area (Å²) in [6.45, 7) is 0.680. The smallest absolute Gasteiger partial charge is 0.203 e. The molecular weight excluding hydrogens is 490 g/mol. The van der Waals surface area contributed by atoms with E-state index in [1.54, 1.807) is 30.3 Å². The first-order valence-corrected chi connectivity index (χ1v) is 14.1. The van der Waals surface area contributed by atoms with Gasteiger partial charge in [-0.3, -0.25) is 0 Å². The van der Waals surface area contributed by atoms with Gasteiger partial charge in [0.2, 0.25) is 5.75 Å². The quantitative estimate of drug-likeness (QED) is 0.461. The Hall–Kier alpha value is -3.08. The normalized spacial score (nSPS) is 16.5. The number of benzene rings is 3. The molecule has 35 heavy (non-hydrogen) atoms. The minimum absolute atomic E-state index is 0.0779. The number of hydrogen-bond acceptors (Lipinski definition) is 8. The fourth-order valence-corrected chi connectivity index (χ4v) is 8.77. The predicted octanol–water partition coefficient (Wildman–Crippen LogP) is 3.30. The summed E-state index contributed by atoms with van der Waals surface area (Å²) in [7, 11) is -3.02. The zero-order valence-corrected chi connectivity index (χ0v) is 21.3. The minimum atomic E-state index is -3.90. The van der Waals surface area contributed by atoms with Crippen LogP contribution >= 0.6 is 0 Å². The van der Waals surface area contributed by atoms with Crippen molar-refractivity contribution in [3.63, 3.8) is 0 Å². The number of methoxy groups -OCH3 is 3. The summed E-state index contributed by atoms with van der Waals surface area (Å²) in [5, 5.41) is 2.12. The van der Waals surface area contributed by atoms with Crippen molar-refractivity contribution in [1.82, 2.24) is 5.32 Å². The molecule has 1 aliphatic rings. The SMILES string of the molecule is COc1cc(CNCc2cccc3c2C(S(=O)(=O)c2ccccc2)CS3(=O)=O)cc(OC)c1OC. The monoisotopic (exact) mass is 517 g/mol. The van der Waals surface area contributed by atoms with E-state index >= 15 is 0 Å². The standard InChI is InChI=1S/C25H27NO7S2/c1-31-20-12-17(13-21(32-2)25(20)33-3)14-26-15-18-8-7-11-22-24(18)23(16-34(22,27)28)35(29,30)19-9-5-4-6-10-19/h4-13,23,26H,14-16H2,1-3H3. The summed E-state index contributed by atoms with van der Waals surface area (Å²) in [5.74, 6) is 1.05. The van der Waals surface area contributed by atoms with Crippen molar-refractivity contribution in [2.45, 2.75) is 28.1 Å². The van der Waals surface area contributed by atoms with E-state index in [2.05, 4.69) is 5.32 Å². The van der Waals surface area contributed by atoms with Gasteiger partial charge in [0.05, 0.1) is 36.9 Å². The summed E-state index contributed by atoms with van der Waals surface area (Å²) >= 11 is 0. The zero-order valence-electron chi connectivity index (χ0n) is 19.6. The third kappa shape index (κ3) is 4.73. The van der Waals surface area contributed by atoms with Gasteiger partial charge in [-0.1, -0.05) is 30.3 Å². The van der Waals surface area contributed by atoms with E-state index in [0.29, 0.717) is 34.9 Å². The Balaban J connectivity index is 1.64. The number of hydrogen-bond donors (Lipinski definition) is 1. The maximum atomic E-state index is 13.4. The van der Waals surface area contributed by atoms with Gasteiger partial charge in [0.1, 0.15) is 5.25 Å². The van der Waals surface area contributed by atoms with E-state index < -0.39 is 30.7 Å². The van der Waals surface area contributed by atoms with Crippen LogP contribution in [-0.2, 0) is 32.8 Å². The van der Waals surface area contributed by atoms with E-state index in [-0.39, 0.29) is 16.3 Å². The van der Waals surface area contributed by atoms with Crippen molar-refractivity contribution in [1.29, 1.82) is 0 Å². The number of nitrogens with one attached hydrogen (secondary N) is 1. The maximum absolute atomic E-state index is 13.4. The fourth-order valence-electron chi connectivity index (χ4n) is 4.35. The molecule has 1 heterocycles. The molecule has 0 saturated heterocycles. The Labute approximate surface area is 205 Å². The van der Waals surface area contributed by atoms with Crippen LogP contribution in [0.4, 0.5) is 0 Å². The molecule has 4 rings (SSSR count). The van der Waals surface area contributed by atoms with Crippen LogP contribution in [0, 0.1) is 0 Å². The van der Waals surface area contributed by atoms with Gasteiger partial charge in [0.25, 0.3) is 0 Å². The lowest BCUT2D eigenvalue weighted by Gasteiger charge is -2.17. The molecule has 3 aromatic carbocycles. The molecule has 3 aromatic rings. The summed E-state index contributed by atoms with van der Waals surface area (Å²) in [6, 6.07) is 16.5. The van der Waals surface area contributed by atoms with Gasteiger partial charge in [-0.05, 0) is 47.0 Å². The molecule has 0 aliphatic carbocycles. The molecular formula is C25H27NO7S2. The van der Waals surface area contributed by atoms with E-state index in [9.17, 15) is 16.8 Å². The third-order valence-electron chi connectivity index (χ3n) is 6.00. The molecule has 10 heteroatoms. The van der Waals surface area contributed by atoms with Crippen LogP contribution in [0.5, 0.6) is 17.2 Å². The Morgan fingerprint density at radius 1 is 0.886 bits per heavy atom. The molecule has 1 aliphatic heterocycles. The van der Waals surface area contributed by atoms with Gasteiger partial charge in [0.15, 0.2) is 31.2 Å². The molecule has 0 radical (unpaired) electrons. The molecule has 0 spiro atoms. The van der Waals surface area contributed by atoms with Crippen LogP contribution in [0.1, 0.15) is 21.9 Å². The second kappa shape index (κ2) is 9.88. The summed E-state index contributed by atoms with van der Waals surface area (Å²) in [6.07, 6.45) is 0. The van der Waals surface area contributed by atoms with Crippen molar-refractivity contribution in [3.8, 4) is 17.2 Å². The largest absolute Gasteiger partial charge is 0.493 e. The van der Waals surface area contributed by atoms with Gasteiger partial charge in [0, 0.05) is 13.1 Å². The van der Waals surface area contributed by atoms with Crippen LogP contribution in [0.2, 0.25) is 0 Å². The Kier molecular flexibility index (Phi) is 7.07. The summed E-state index contributed by atoms with van der Waals surface area (Å²) < 4.78 is 68.7. The Morgan fingerprint density at radius 3 is 2.14 bits per heavy atom. The lowest BCUT2D eigenvalue weighted by molar-refractivity contribution is 0.323. The fraction of sp³-hybridized carbons (Fsp3) is 0.280. The van der Waals surface area contributed by atoms with Crippen molar-refractivity contribution < 1.29 is 31.0 Å². The lowest BCUT2D eigenvalue weighted by Crippen LogP contribution is -2.19. The van der Waals surface area contributed by atoms with Crippen molar-refractivity contribution in [2.75, 3.05) is 27.1 Å². The second-order valence-corrected chi connectivity index (χ2v) is 12.2. The van der Waals surface area contributed by atoms with E-state index in [1.807, 2.05) is 12.1 Å². The van der Waals surface area contributed by atoms with Gasteiger partial charge >= 0.3 is 0 Å². The topological polar surface area (TPSA) is 108 Å². The van der Waals surface area contributed by atoms with Crippen molar-refractivity contribution in [2.24, 2.45) is 0 Å². The lowest BCUT2D eigenvalue weighted by atomic mass is 10.0. The van der Waals surface area contributed by atoms with Gasteiger partial charge in [-0.25, -0.2) is 16.8 Å². The summed E-state index contributed by atoms with van der Waals surface area (Å²) in [4.78, 5) is 0.183. The number of sulfone groups is 2. The highest BCUT2D eigenvalue weighted by molar-refractivity contribution is 7.96. The van der Waals surface area contributed by atoms with Crippen LogP contribution in [-0.4, -0.2) is 43.9 Å². The molecule has 1 atom stereocenters. The first-order chi connectivity index (χ1) is 16.7.